The van der Waals surface area contributed by atoms with Crippen LogP contribution in [0, 0.1) is 23.4 Å². The van der Waals surface area contributed by atoms with E-state index < -0.39 is 107 Å². The smallest absolute Gasteiger partial charge is 0.411 e. The summed E-state index contributed by atoms with van der Waals surface area (Å²) in [5, 5.41) is 2.20. The highest BCUT2D eigenvalue weighted by Crippen LogP contribution is 2.34. The zero-order valence-corrected chi connectivity index (χ0v) is 21.4. The van der Waals surface area contributed by atoms with Crippen LogP contribution in [0.2, 0.25) is 0 Å². The van der Waals surface area contributed by atoms with Gasteiger partial charge in [0.2, 0.25) is 5.82 Å². The SMILES string of the molecule is CC(C)(C)OC(=O)NC1=CC(C(=O)Oc2c(F)c(F)cc(F)c2CF)=CC(C(=O)OC2C(F)=C(F)C=C(F)C2F)C1. The molecule has 41 heavy (non-hydrogen) atoms. The molecule has 3 unspecified atom stereocenters. The summed E-state index contributed by atoms with van der Waals surface area (Å²) < 4.78 is 125. The van der Waals surface area contributed by atoms with Crippen LogP contribution in [0.3, 0.4) is 0 Å². The van der Waals surface area contributed by atoms with E-state index >= 15 is 0 Å². The minimum atomic E-state index is -2.91. The summed E-state index contributed by atoms with van der Waals surface area (Å²) in [7, 11) is 0. The van der Waals surface area contributed by atoms with Crippen LogP contribution in [0.5, 0.6) is 5.75 Å². The number of rotatable bonds is 6. The summed E-state index contributed by atoms with van der Waals surface area (Å²) in [6.45, 7) is 2.80. The summed E-state index contributed by atoms with van der Waals surface area (Å²) in [6, 6.07) is 0.0219. The van der Waals surface area contributed by atoms with Gasteiger partial charge in [0.15, 0.2) is 35.5 Å². The van der Waals surface area contributed by atoms with Crippen molar-refractivity contribution in [1.29, 1.82) is 0 Å². The van der Waals surface area contributed by atoms with Crippen molar-refractivity contribution in [2.75, 3.05) is 0 Å². The first-order chi connectivity index (χ1) is 19.0. The van der Waals surface area contributed by atoms with Gasteiger partial charge in [0, 0.05) is 24.3 Å². The Balaban J connectivity index is 1.95. The second-order valence-electron chi connectivity index (χ2n) is 9.70. The summed E-state index contributed by atoms with van der Waals surface area (Å²) in [4.78, 5) is 37.9. The van der Waals surface area contributed by atoms with E-state index in [-0.39, 0.29) is 17.8 Å². The van der Waals surface area contributed by atoms with Gasteiger partial charge in [-0.15, -0.1) is 0 Å². The largest absolute Gasteiger partial charge is 0.451 e. The average Bonchev–Trinajstić information content (AvgIpc) is 2.87. The molecule has 0 spiro atoms. The van der Waals surface area contributed by atoms with Crippen LogP contribution < -0.4 is 10.1 Å². The molecule has 2 aliphatic rings. The third kappa shape index (κ3) is 7.32. The lowest BCUT2D eigenvalue weighted by Gasteiger charge is -2.26. The van der Waals surface area contributed by atoms with Gasteiger partial charge in [-0.05, 0) is 26.8 Å². The van der Waals surface area contributed by atoms with Crippen molar-refractivity contribution in [2.45, 2.75) is 51.7 Å². The normalized spacial score (nSPS) is 21.0. The monoisotopic (exact) mass is 595 g/mol. The maximum Gasteiger partial charge on any atom is 0.411 e. The number of amides is 1. The van der Waals surface area contributed by atoms with E-state index in [0.717, 1.165) is 12.2 Å². The minimum absolute atomic E-state index is 0.0219. The van der Waals surface area contributed by atoms with Crippen molar-refractivity contribution < 1.29 is 63.7 Å². The number of allylic oxidation sites excluding steroid dienone is 3. The fourth-order valence-electron chi connectivity index (χ4n) is 3.60. The van der Waals surface area contributed by atoms with Gasteiger partial charge in [0.05, 0.1) is 17.1 Å². The molecule has 1 amide bonds. The molecule has 222 valence electrons. The molecular formula is C26H21F8NO6. The van der Waals surface area contributed by atoms with Gasteiger partial charge in [-0.1, -0.05) is 6.08 Å². The van der Waals surface area contributed by atoms with E-state index in [4.69, 9.17) is 4.74 Å². The van der Waals surface area contributed by atoms with Crippen molar-refractivity contribution in [3.63, 3.8) is 0 Å². The molecule has 7 nitrogen and oxygen atoms in total. The van der Waals surface area contributed by atoms with Crippen molar-refractivity contribution in [3.8, 4) is 5.75 Å². The second-order valence-corrected chi connectivity index (χ2v) is 9.70. The molecule has 0 radical (unpaired) electrons. The molecule has 1 aromatic rings. The Morgan fingerprint density at radius 2 is 1.68 bits per heavy atom. The number of carbonyl (C=O) groups is 3. The van der Waals surface area contributed by atoms with Crippen LogP contribution in [-0.4, -0.2) is 35.9 Å². The molecule has 0 fully saturated rings. The number of alkyl halides is 2. The topological polar surface area (TPSA) is 90.9 Å². The molecule has 0 aliphatic heterocycles. The maximum absolute atomic E-state index is 14.3. The maximum atomic E-state index is 14.3. The van der Waals surface area contributed by atoms with Crippen LogP contribution in [0.4, 0.5) is 39.9 Å². The quantitative estimate of drug-likeness (QED) is 0.185. The lowest BCUT2D eigenvalue weighted by Crippen LogP contribution is -2.37. The van der Waals surface area contributed by atoms with Crippen LogP contribution in [0.25, 0.3) is 0 Å². The number of ether oxygens (including phenoxy) is 3. The predicted octanol–water partition coefficient (Wildman–Crippen LogP) is 6.10. The molecule has 0 bridgehead atoms. The zero-order valence-electron chi connectivity index (χ0n) is 21.4. The predicted molar refractivity (Wildman–Crippen MR) is 124 cm³/mol. The third-order valence-electron chi connectivity index (χ3n) is 5.42. The van der Waals surface area contributed by atoms with Gasteiger partial charge >= 0.3 is 18.0 Å². The molecule has 3 atom stereocenters. The first kappa shape index (κ1) is 31.4. The number of nitrogens with one attached hydrogen (secondary N) is 1. The van der Waals surface area contributed by atoms with E-state index in [2.05, 4.69) is 14.8 Å². The number of alkyl carbamates (subject to hydrolysis) is 1. The fraction of sp³-hybridized carbons (Fsp3) is 0.346. The molecule has 15 heteroatoms. The van der Waals surface area contributed by atoms with E-state index in [1.807, 2.05) is 0 Å². The summed E-state index contributed by atoms with van der Waals surface area (Å²) >= 11 is 0. The van der Waals surface area contributed by atoms with Gasteiger partial charge in [-0.2, -0.15) is 4.39 Å². The molecular weight excluding hydrogens is 574 g/mol. The number of esters is 2. The van der Waals surface area contributed by atoms with Gasteiger partial charge in [-0.3, -0.25) is 10.1 Å². The number of hydrogen-bond donors (Lipinski definition) is 1. The Morgan fingerprint density at radius 3 is 2.29 bits per heavy atom. The van der Waals surface area contributed by atoms with E-state index in [1.54, 1.807) is 0 Å². The minimum Gasteiger partial charge on any atom is -0.451 e. The van der Waals surface area contributed by atoms with E-state index in [1.165, 1.54) is 20.8 Å². The lowest BCUT2D eigenvalue weighted by molar-refractivity contribution is -0.154. The number of benzene rings is 1. The van der Waals surface area contributed by atoms with Crippen molar-refractivity contribution >= 4 is 18.0 Å². The van der Waals surface area contributed by atoms with Crippen LogP contribution in [0.1, 0.15) is 32.8 Å². The van der Waals surface area contributed by atoms with Crippen LogP contribution in [0.15, 0.2) is 53.0 Å². The second kappa shape index (κ2) is 12.1. The van der Waals surface area contributed by atoms with E-state index in [0.29, 0.717) is 0 Å². The van der Waals surface area contributed by atoms with Crippen molar-refractivity contribution in [3.05, 3.63) is 76.1 Å². The number of halogens is 8. The molecule has 3 rings (SSSR count). The van der Waals surface area contributed by atoms with Gasteiger partial charge < -0.3 is 14.2 Å². The highest BCUT2D eigenvalue weighted by atomic mass is 19.2. The molecule has 0 heterocycles. The number of hydrogen-bond acceptors (Lipinski definition) is 6. The summed E-state index contributed by atoms with van der Waals surface area (Å²) in [6.07, 6.45) is -5.67. The average molecular weight is 595 g/mol. The Morgan fingerprint density at radius 1 is 1.02 bits per heavy atom. The Labute approximate surface area is 227 Å². The van der Waals surface area contributed by atoms with Gasteiger partial charge in [0.25, 0.3) is 0 Å². The molecule has 1 aromatic carbocycles. The molecule has 0 aromatic heterocycles. The standard InChI is InChI=1S/C26H21F8NO6/c1-26(2,3)41-25(38)35-12-5-10(23(36)39-21-13(9-27)14(28)7-15(29)18(21)32)4-11(6-12)24(37)40-22-19(33)16(30)8-17(31)20(22)34/h4-5,7-8,11,19,22H,6,9H2,1-3H3,(H,35,38). The van der Waals surface area contributed by atoms with Gasteiger partial charge in [-0.25, -0.2) is 40.3 Å². The highest BCUT2D eigenvalue weighted by molar-refractivity contribution is 5.95. The summed E-state index contributed by atoms with van der Waals surface area (Å²) in [5.74, 6) is -17.1. The summed E-state index contributed by atoms with van der Waals surface area (Å²) in [5.41, 5.74) is -3.14. The Hall–Kier alpha value is -4.17. The molecule has 0 saturated heterocycles. The van der Waals surface area contributed by atoms with Crippen molar-refractivity contribution in [1.82, 2.24) is 5.32 Å². The third-order valence-corrected chi connectivity index (χ3v) is 5.42. The lowest BCUT2D eigenvalue weighted by atomic mass is 9.93. The molecule has 2 aliphatic carbocycles. The first-order valence-electron chi connectivity index (χ1n) is 11.7. The zero-order chi connectivity index (χ0) is 30.8. The first-order valence-corrected chi connectivity index (χ1v) is 11.7. The fourth-order valence-corrected chi connectivity index (χ4v) is 3.60. The molecule has 1 N–H and O–H groups in total. The van der Waals surface area contributed by atoms with Crippen LogP contribution >= 0.6 is 0 Å². The van der Waals surface area contributed by atoms with Crippen molar-refractivity contribution in [2.24, 2.45) is 5.92 Å². The van der Waals surface area contributed by atoms with Gasteiger partial charge in [0.1, 0.15) is 23.9 Å². The van der Waals surface area contributed by atoms with E-state index in [9.17, 15) is 49.5 Å². The Bertz CT molecular complexity index is 1390. The van der Waals surface area contributed by atoms with Crippen LogP contribution in [-0.2, 0) is 25.7 Å². The highest BCUT2D eigenvalue weighted by Gasteiger charge is 2.40. The number of carbonyl (C=O) groups excluding carboxylic acids is 3. The Kier molecular flexibility index (Phi) is 9.29. The molecule has 0 saturated carbocycles.